The molecule has 0 radical (unpaired) electrons. The maximum atomic E-state index is 13.4. The van der Waals surface area contributed by atoms with Gasteiger partial charge in [-0.25, -0.2) is 12.8 Å². The Morgan fingerprint density at radius 1 is 1.21 bits per heavy atom. The number of nitrogens with zero attached hydrogens (tertiary/aromatic N) is 1. The number of carbonyl (C=O) groups is 1. The lowest BCUT2D eigenvalue weighted by atomic mass is 9.85. The summed E-state index contributed by atoms with van der Waals surface area (Å²) in [5.74, 6) is -0.233. The smallest absolute Gasteiger partial charge is 0.250 e. The molecule has 1 atom stereocenters. The normalized spacial score (nSPS) is 17.7. The van der Waals surface area contributed by atoms with Gasteiger partial charge >= 0.3 is 0 Å². The fourth-order valence-electron chi connectivity index (χ4n) is 4.76. The number of thiophene rings is 1. The van der Waals surface area contributed by atoms with Crippen molar-refractivity contribution in [3.63, 3.8) is 0 Å². The molecular formula is C23H29ClFN3O3S2. The van der Waals surface area contributed by atoms with Crippen molar-refractivity contribution in [2.24, 2.45) is 5.92 Å². The van der Waals surface area contributed by atoms with Crippen LogP contribution in [-0.4, -0.2) is 40.0 Å². The van der Waals surface area contributed by atoms with Gasteiger partial charge in [-0.3, -0.25) is 4.79 Å². The van der Waals surface area contributed by atoms with Crippen molar-refractivity contribution in [3.8, 4) is 0 Å². The fraction of sp³-hybridized carbons (Fsp3) is 0.522. The number of carbonyl (C=O) groups excluding carboxylic acids is 1. The van der Waals surface area contributed by atoms with Crippen molar-refractivity contribution in [2.45, 2.75) is 55.2 Å². The summed E-state index contributed by atoms with van der Waals surface area (Å²) < 4.78 is 42.3. The van der Waals surface area contributed by atoms with Crippen molar-refractivity contribution in [3.05, 3.63) is 46.0 Å². The van der Waals surface area contributed by atoms with E-state index in [4.69, 9.17) is 11.6 Å². The van der Waals surface area contributed by atoms with Gasteiger partial charge in [-0.1, -0.05) is 43.7 Å². The van der Waals surface area contributed by atoms with E-state index in [0.717, 1.165) is 61.2 Å². The van der Waals surface area contributed by atoms with Crippen LogP contribution in [0.2, 0.25) is 4.34 Å². The monoisotopic (exact) mass is 513 g/mol. The zero-order chi connectivity index (χ0) is 23.4. The van der Waals surface area contributed by atoms with Crippen molar-refractivity contribution in [2.75, 3.05) is 24.5 Å². The highest BCUT2D eigenvalue weighted by atomic mass is 35.5. The number of hydrogen-bond donors (Lipinski definition) is 2. The zero-order valence-corrected chi connectivity index (χ0v) is 20.7. The minimum absolute atomic E-state index is 0.106. The number of sulfonamides is 1. The molecule has 6 nitrogen and oxygen atoms in total. The Morgan fingerprint density at radius 3 is 2.73 bits per heavy atom. The lowest BCUT2D eigenvalue weighted by Crippen LogP contribution is -2.49. The van der Waals surface area contributed by atoms with E-state index in [1.165, 1.54) is 24.6 Å². The third-order valence-electron chi connectivity index (χ3n) is 6.44. The molecule has 0 spiro atoms. The summed E-state index contributed by atoms with van der Waals surface area (Å²) in [6.45, 7) is 1.73. The number of rotatable bonds is 9. The summed E-state index contributed by atoms with van der Waals surface area (Å²) in [6.07, 6.45) is 6.69. The summed E-state index contributed by atoms with van der Waals surface area (Å²) >= 11 is 6.89. The molecule has 1 amide bonds. The third-order valence-corrected chi connectivity index (χ3v) is 9.63. The first-order chi connectivity index (χ1) is 15.8. The largest absolute Gasteiger partial charge is 0.369 e. The number of fused-ring (bicyclic) bond motifs is 1. The molecule has 2 aromatic rings. The number of hydrogen-bond acceptors (Lipinski definition) is 5. The van der Waals surface area contributed by atoms with E-state index >= 15 is 0 Å². The number of anilines is 1. The van der Waals surface area contributed by atoms with Crippen LogP contribution in [0.4, 0.5) is 10.1 Å². The van der Waals surface area contributed by atoms with Crippen LogP contribution in [0.5, 0.6) is 0 Å². The third kappa shape index (κ3) is 6.26. The molecule has 2 heterocycles. The van der Waals surface area contributed by atoms with E-state index in [1.54, 1.807) is 12.1 Å². The standard InChI is InChI=1S/C23H29ClFN3O3S2/c24-21-8-9-22(32-21)33(30,31)27-19(14-16-4-2-1-3-5-16)23(29)26-11-13-28-12-10-17-15-18(25)6-7-20(17)28/h6-9,15-16,19,27H,1-5,10-14H2,(H,26,29). The molecule has 1 aromatic heterocycles. The van der Waals surface area contributed by atoms with Crippen LogP contribution in [0.1, 0.15) is 44.1 Å². The molecule has 180 valence electrons. The molecule has 2 aliphatic rings. The first kappa shape index (κ1) is 24.4. The van der Waals surface area contributed by atoms with Crippen molar-refractivity contribution < 1.29 is 17.6 Å². The van der Waals surface area contributed by atoms with E-state index in [9.17, 15) is 17.6 Å². The number of benzene rings is 1. The minimum Gasteiger partial charge on any atom is -0.369 e. The maximum Gasteiger partial charge on any atom is 0.250 e. The molecule has 1 aromatic carbocycles. The van der Waals surface area contributed by atoms with Crippen LogP contribution in [0, 0.1) is 11.7 Å². The van der Waals surface area contributed by atoms with E-state index < -0.39 is 16.1 Å². The van der Waals surface area contributed by atoms with E-state index in [1.807, 2.05) is 0 Å². The first-order valence-corrected chi connectivity index (χ1v) is 14.1. The highest BCUT2D eigenvalue weighted by molar-refractivity contribution is 7.91. The topological polar surface area (TPSA) is 78.5 Å². The average Bonchev–Trinajstić information content (AvgIpc) is 3.40. The summed E-state index contributed by atoms with van der Waals surface area (Å²) in [6, 6.07) is 6.93. The average molecular weight is 514 g/mol. The molecule has 1 unspecified atom stereocenters. The second-order valence-corrected chi connectivity index (χ2v) is 12.4. The fourth-order valence-corrected chi connectivity index (χ4v) is 7.47. The Bertz CT molecular complexity index is 1090. The predicted molar refractivity (Wildman–Crippen MR) is 130 cm³/mol. The molecule has 1 fully saturated rings. The molecule has 2 N–H and O–H groups in total. The van der Waals surface area contributed by atoms with Crippen LogP contribution in [0.3, 0.4) is 0 Å². The van der Waals surface area contributed by atoms with Gasteiger partial charge in [-0.2, -0.15) is 4.72 Å². The second kappa shape index (κ2) is 10.7. The Kier molecular flexibility index (Phi) is 7.94. The Hall–Kier alpha value is -1.68. The molecule has 0 bridgehead atoms. The Morgan fingerprint density at radius 2 is 2.00 bits per heavy atom. The van der Waals surface area contributed by atoms with Gasteiger partial charge in [0.25, 0.3) is 10.0 Å². The zero-order valence-electron chi connectivity index (χ0n) is 18.4. The van der Waals surface area contributed by atoms with E-state index in [2.05, 4.69) is 14.9 Å². The number of nitrogens with one attached hydrogen (secondary N) is 2. The summed E-state index contributed by atoms with van der Waals surface area (Å²) in [5, 5.41) is 2.92. The number of amides is 1. The summed E-state index contributed by atoms with van der Waals surface area (Å²) in [4.78, 5) is 15.2. The lowest BCUT2D eigenvalue weighted by Gasteiger charge is -2.27. The first-order valence-electron chi connectivity index (χ1n) is 11.4. The van der Waals surface area contributed by atoms with Gasteiger partial charge in [0.1, 0.15) is 16.1 Å². The number of halogens is 2. The summed E-state index contributed by atoms with van der Waals surface area (Å²) in [7, 11) is -3.84. The van der Waals surface area contributed by atoms with Gasteiger partial charge in [0.15, 0.2) is 0 Å². The summed E-state index contributed by atoms with van der Waals surface area (Å²) in [5.41, 5.74) is 1.96. The van der Waals surface area contributed by atoms with Crippen LogP contribution < -0.4 is 14.9 Å². The van der Waals surface area contributed by atoms with Gasteiger partial charge in [-0.05, 0) is 54.7 Å². The van der Waals surface area contributed by atoms with Crippen molar-refractivity contribution in [1.29, 1.82) is 0 Å². The van der Waals surface area contributed by atoms with Crippen LogP contribution in [0.15, 0.2) is 34.5 Å². The van der Waals surface area contributed by atoms with E-state index in [0.29, 0.717) is 29.8 Å². The second-order valence-electron chi connectivity index (χ2n) is 8.77. The maximum absolute atomic E-state index is 13.4. The van der Waals surface area contributed by atoms with Gasteiger partial charge < -0.3 is 10.2 Å². The van der Waals surface area contributed by atoms with Gasteiger partial charge in [-0.15, -0.1) is 11.3 Å². The SMILES string of the molecule is O=C(NCCN1CCc2cc(F)ccc21)C(CC1CCCCC1)NS(=O)(=O)c1ccc(Cl)s1. The highest BCUT2D eigenvalue weighted by Gasteiger charge is 2.30. The quantitative estimate of drug-likeness (QED) is 0.523. The molecule has 0 saturated heterocycles. The highest BCUT2D eigenvalue weighted by Crippen LogP contribution is 2.30. The molecule has 1 aliphatic carbocycles. The van der Waals surface area contributed by atoms with Gasteiger partial charge in [0, 0.05) is 25.3 Å². The predicted octanol–water partition coefficient (Wildman–Crippen LogP) is 4.34. The van der Waals surface area contributed by atoms with Crippen molar-refractivity contribution in [1.82, 2.24) is 10.0 Å². The van der Waals surface area contributed by atoms with Gasteiger partial charge in [0.2, 0.25) is 5.91 Å². The van der Waals surface area contributed by atoms with Crippen LogP contribution >= 0.6 is 22.9 Å². The van der Waals surface area contributed by atoms with E-state index in [-0.39, 0.29) is 15.9 Å². The molecule has 1 aliphatic heterocycles. The van der Waals surface area contributed by atoms with Gasteiger partial charge in [0.05, 0.1) is 4.34 Å². The lowest BCUT2D eigenvalue weighted by molar-refractivity contribution is -0.123. The van der Waals surface area contributed by atoms with Crippen molar-refractivity contribution >= 4 is 44.6 Å². The van der Waals surface area contributed by atoms with Crippen LogP contribution in [-0.2, 0) is 21.2 Å². The molecule has 4 rings (SSSR count). The molecule has 33 heavy (non-hydrogen) atoms. The molecule has 10 heteroatoms. The Labute approximate surface area is 203 Å². The minimum atomic E-state index is -3.84. The Balaban J connectivity index is 1.39. The van der Waals surface area contributed by atoms with Crippen LogP contribution in [0.25, 0.3) is 0 Å². The molecule has 1 saturated carbocycles. The molecular weight excluding hydrogens is 485 g/mol.